The zero-order valence-electron chi connectivity index (χ0n) is 10.8. The highest BCUT2D eigenvalue weighted by Gasteiger charge is 2.32. The highest BCUT2D eigenvalue weighted by molar-refractivity contribution is 5.90. The molecule has 2 amide bonds. The molecule has 0 radical (unpaired) electrons. The Hall–Kier alpha value is -1.63. The molecule has 7 nitrogen and oxygen atoms in total. The molecule has 0 saturated carbocycles. The van der Waals surface area contributed by atoms with Gasteiger partial charge in [0.25, 0.3) is 0 Å². The zero-order chi connectivity index (χ0) is 13.8. The number of aliphatic carboxylic acids is 1. The molecule has 2 heterocycles. The Balaban J connectivity index is 1.75. The first kappa shape index (κ1) is 13.8. The molecule has 0 aromatic heterocycles. The number of amides is 2. The van der Waals surface area contributed by atoms with Crippen LogP contribution in [-0.4, -0.2) is 71.5 Å². The first-order valence-electron chi connectivity index (χ1n) is 6.58. The summed E-state index contributed by atoms with van der Waals surface area (Å²) in [6.07, 6.45) is 1.14. The van der Waals surface area contributed by atoms with Gasteiger partial charge >= 0.3 is 5.97 Å². The van der Waals surface area contributed by atoms with Crippen molar-refractivity contribution in [2.45, 2.75) is 25.3 Å². The molecule has 2 aliphatic heterocycles. The predicted molar refractivity (Wildman–Crippen MR) is 66.4 cm³/mol. The Morgan fingerprint density at radius 3 is 2.47 bits per heavy atom. The molecule has 106 valence electrons. The summed E-state index contributed by atoms with van der Waals surface area (Å²) in [5.74, 6) is -0.866. The predicted octanol–water partition coefficient (Wildman–Crippen LogP) is -1.12. The van der Waals surface area contributed by atoms with Gasteiger partial charge in [-0.3, -0.25) is 19.3 Å². The van der Waals surface area contributed by atoms with Crippen LogP contribution in [0.4, 0.5) is 0 Å². The highest BCUT2D eigenvalue weighted by atomic mass is 16.4. The number of carboxylic acid groups (broad SMARTS) is 1. The molecule has 0 bridgehead atoms. The molecule has 2 saturated heterocycles. The average molecular weight is 269 g/mol. The van der Waals surface area contributed by atoms with Crippen molar-refractivity contribution in [1.29, 1.82) is 0 Å². The van der Waals surface area contributed by atoms with Gasteiger partial charge in [-0.15, -0.1) is 0 Å². The van der Waals surface area contributed by atoms with E-state index in [1.165, 1.54) is 0 Å². The van der Waals surface area contributed by atoms with Gasteiger partial charge in [-0.1, -0.05) is 0 Å². The first-order valence-corrected chi connectivity index (χ1v) is 6.58. The minimum atomic E-state index is -0.799. The lowest BCUT2D eigenvalue weighted by molar-refractivity contribution is -0.139. The van der Waals surface area contributed by atoms with Crippen molar-refractivity contribution in [2.75, 3.05) is 32.7 Å². The van der Waals surface area contributed by atoms with E-state index in [4.69, 9.17) is 5.11 Å². The monoisotopic (exact) mass is 269 g/mol. The van der Waals surface area contributed by atoms with Crippen molar-refractivity contribution < 1.29 is 19.5 Å². The van der Waals surface area contributed by atoms with Gasteiger partial charge < -0.3 is 15.3 Å². The van der Waals surface area contributed by atoms with Crippen molar-refractivity contribution >= 4 is 17.8 Å². The molecule has 0 spiro atoms. The van der Waals surface area contributed by atoms with Gasteiger partial charge in [0.1, 0.15) is 6.04 Å². The number of nitrogens with one attached hydrogen (secondary N) is 1. The quantitative estimate of drug-likeness (QED) is 0.675. The third kappa shape index (κ3) is 3.66. The fraction of sp³-hybridized carbons (Fsp3) is 0.750. The van der Waals surface area contributed by atoms with Crippen LogP contribution in [0.2, 0.25) is 0 Å². The van der Waals surface area contributed by atoms with Crippen molar-refractivity contribution in [3.05, 3.63) is 0 Å². The molecule has 2 aliphatic rings. The van der Waals surface area contributed by atoms with E-state index in [-0.39, 0.29) is 24.3 Å². The molecule has 0 aromatic rings. The Labute approximate surface area is 111 Å². The summed E-state index contributed by atoms with van der Waals surface area (Å²) in [7, 11) is 0. The normalized spacial score (nSPS) is 24.3. The second kappa shape index (κ2) is 6.01. The van der Waals surface area contributed by atoms with E-state index in [0.29, 0.717) is 45.6 Å². The number of rotatable bonds is 4. The zero-order valence-corrected chi connectivity index (χ0v) is 10.8. The summed E-state index contributed by atoms with van der Waals surface area (Å²) in [4.78, 5) is 37.5. The lowest BCUT2D eigenvalue weighted by atomic mass is 10.2. The Bertz CT molecular complexity index is 377. The second-order valence-corrected chi connectivity index (χ2v) is 4.97. The van der Waals surface area contributed by atoms with Gasteiger partial charge in [-0.05, 0) is 6.42 Å². The summed E-state index contributed by atoms with van der Waals surface area (Å²) >= 11 is 0. The van der Waals surface area contributed by atoms with Crippen LogP contribution < -0.4 is 5.32 Å². The Kier molecular flexibility index (Phi) is 4.36. The number of carboxylic acids is 1. The van der Waals surface area contributed by atoms with Gasteiger partial charge in [0.15, 0.2) is 0 Å². The van der Waals surface area contributed by atoms with Crippen molar-refractivity contribution in [1.82, 2.24) is 15.1 Å². The van der Waals surface area contributed by atoms with E-state index in [9.17, 15) is 14.4 Å². The minimum Gasteiger partial charge on any atom is -0.481 e. The number of hydrogen-bond acceptors (Lipinski definition) is 4. The smallest absolute Gasteiger partial charge is 0.304 e. The summed E-state index contributed by atoms with van der Waals surface area (Å²) in [5, 5.41) is 11.3. The van der Waals surface area contributed by atoms with Gasteiger partial charge in [-0.25, -0.2) is 0 Å². The standard InChI is InChI=1S/C12H19N3O4/c16-10-2-1-9(13-10)12(19)15-7-5-14(6-8-15)4-3-11(17)18/h9H,1-8H2,(H,13,16)(H,17,18)/t9-/m0/s1. The van der Waals surface area contributed by atoms with Crippen LogP contribution in [0.25, 0.3) is 0 Å². The number of piperazine rings is 1. The van der Waals surface area contributed by atoms with E-state index in [2.05, 4.69) is 5.32 Å². The van der Waals surface area contributed by atoms with Crippen LogP contribution in [0, 0.1) is 0 Å². The van der Waals surface area contributed by atoms with Gasteiger partial charge in [-0.2, -0.15) is 0 Å². The van der Waals surface area contributed by atoms with Crippen molar-refractivity contribution in [3.63, 3.8) is 0 Å². The third-order valence-electron chi connectivity index (χ3n) is 3.62. The fourth-order valence-corrected chi connectivity index (χ4v) is 2.47. The van der Waals surface area contributed by atoms with Crippen LogP contribution in [0.1, 0.15) is 19.3 Å². The summed E-state index contributed by atoms with van der Waals surface area (Å²) in [6.45, 7) is 3.12. The number of carbonyl (C=O) groups excluding carboxylic acids is 2. The Morgan fingerprint density at radius 1 is 1.26 bits per heavy atom. The summed E-state index contributed by atoms with van der Waals surface area (Å²) in [5.41, 5.74) is 0. The van der Waals surface area contributed by atoms with Crippen molar-refractivity contribution in [2.24, 2.45) is 0 Å². The van der Waals surface area contributed by atoms with E-state index in [1.54, 1.807) is 4.90 Å². The summed E-state index contributed by atoms with van der Waals surface area (Å²) < 4.78 is 0. The second-order valence-electron chi connectivity index (χ2n) is 4.97. The largest absolute Gasteiger partial charge is 0.481 e. The first-order chi connectivity index (χ1) is 9.06. The highest BCUT2D eigenvalue weighted by Crippen LogP contribution is 2.12. The molecular formula is C12H19N3O4. The molecule has 7 heteroatoms. The van der Waals surface area contributed by atoms with Gasteiger partial charge in [0.05, 0.1) is 6.42 Å². The summed E-state index contributed by atoms with van der Waals surface area (Å²) in [6, 6.07) is -0.363. The van der Waals surface area contributed by atoms with Crippen LogP contribution in [-0.2, 0) is 14.4 Å². The molecule has 0 aromatic carbocycles. The lowest BCUT2D eigenvalue weighted by Gasteiger charge is -2.35. The van der Waals surface area contributed by atoms with E-state index < -0.39 is 5.97 Å². The molecule has 0 unspecified atom stereocenters. The van der Waals surface area contributed by atoms with Gasteiger partial charge in [0, 0.05) is 39.1 Å². The van der Waals surface area contributed by atoms with Crippen LogP contribution in [0.5, 0.6) is 0 Å². The molecule has 0 aliphatic carbocycles. The maximum absolute atomic E-state index is 12.1. The maximum Gasteiger partial charge on any atom is 0.304 e. The SMILES string of the molecule is O=C(O)CCN1CCN(C(=O)[C@@H]2CCC(=O)N2)CC1. The average Bonchev–Trinajstić information content (AvgIpc) is 2.83. The van der Waals surface area contributed by atoms with Crippen LogP contribution in [0.3, 0.4) is 0 Å². The Morgan fingerprint density at radius 2 is 1.95 bits per heavy atom. The lowest BCUT2D eigenvalue weighted by Crippen LogP contribution is -2.53. The van der Waals surface area contributed by atoms with Crippen LogP contribution >= 0.6 is 0 Å². The maximum atomic E-state index is 12.1. The molecule has 19 heavy (non-hydrogen) atoms. The fourth-order valence-electron chi connectivity index (χ4n) is 2.47. The molecule has 2 N–H and O–H groups in total. The van der Waals surface area contributed by atoms with E-state index in [0.717, 1.165) is 0 Å². The molecule has 2 rings (SSSR count). The van der Waals surface area contributed by atoms with E-state index >= 15 is 0 Å². The topological polar surface area (TPSA) is 90.0 Å². The number of carbonyl (C=O) groups is 3. The minimum absolute atomic E-state index is 0.0104. The van der Waals surface area contributed by atoms with E-state index in [1.807, 2.05) is 4.90 Å². The van der Waals surface area contributed by atoms with Crippen LogP contribution in [0.15, 0.2) is 0 Å². The van der Waals surface area contributed by atoms with Gasteiger partial charge in [0.2, 0.25) is 11.8 Å². The number of hydrogen-bond donors (Lipinski definition) is 2. The number of nitrogens with zero attached hydrogens (tertiary/aromatic N) is 2. The molecule has 2 fully saturated rings. The molecule has 1 atom stereocenters. The third-order valence-corrected chi connectivity index (χ3v) is 3.62. The molecular weight excluding hydrogens is 250 g/mol. The van der Waals surface area contributed by atoms with Crippen molar-refractivity contribution in [3.8, 4) is 0 Å².